The summed E-state index contributed by atoms with van der Waals surface area (Å²) >= 11 is 4.15. The number of rotatable bonds is 8. The van der Waals surface area contributed by atoms with Crippen LogP contribution in [0.3, 0.4) is 0 Å². The van der Waals surface area contributed by atoms with Gasteiger partial charge in [-0.05, 0) is 6.92 Å². The summed E-state index contributed by atoms with van der Waals surface area (Å²) in [4.78, 5) is 63.2. The van der Waals surface area contributed by atoms with E-state index in [1.54, 1.807) is 0 Å². The molecule has 2 unspecified atom stereocenters. The van der Waals surface area contributed by atoms with Crippen molar-refractivity contribution in [2.24, 2.45) is 0 Å². The second kappa shape index (κ2) is 8.92. The normalized spacial score (nSPS) is 26.4. The molecule has 1 aliphatic rings. The lowest BCUT2D eigenvalue weighted by molar-refractivity contribution is -0.202. The van der Waals surface area contributed by atoms with Gasteiger partial charge in [-0.15, -0.1) is 0 Å². The Morgan fingerprint density at radius 3 is 2.52 bits per heavy atom. The van der Waals surface area contributed by atoms with Gasteiger partial charge in [-0.25, -0.2) is 9.18 Å². The average Bonchev–Trinajstić information content (AvgIpc) is 2.95. The van der Waals surface area contributed by atoms with E-state index in [0.29, 0.717) is 0 Å². The monoisotopic (exact) mass is 533 g/mol. The molecule has 1 aliphatic heterocycles. The highest BCUT2D eigenvalue weighted by Crippen LogP contribution is 2.76. The third-order valence-corrected chi connectivity index (χ3v) is 9.90. The van der Waals surface area contributed by atoms with E-state index in [-0.39, 0.29) is 5.56 Å². The quantitative estimate of drug-likeness (QED) is 0.327. The smallest absolute Gasteiger partial charge is 0.444 e. The van der Waals surface area contributed by atoms with E-state index in [2.05, 4.69) is 20.6 Å². The molecule has 0 spiro atoms. The zero-order valence-electron chi connectivity index (χ0n) is 15.2. The second-order valence-corrected chi connectivity index (χ2v) is 13.0. The molecular weight excluding hydrogens is 518 g/mol. The van der Waals surface area contributed by atoms with Crippen LogP contribution in [-0.4, -0.2) is 48.5 Å². The maximum Gasteiger partial charge on any atom is 0.444 e. The zero-order chi connectivity index (χ0) is 24.0. The van der Waals surface area contributed by atoms with Crippen molar-refractivity contribution in [2.75, 3.05) is 6.61 Å². The van der Waals surface area contributed by atoms with E-state index >= 15 is 0 Å². The molecule has 0 aromatic carbocycles. The van der Waals surface area contributed by atoms with E-state index in [1.165, 1.54) is 6.92 Å². The summed E-state index contributed by atoms with van der Waals surface area (Å²) in [5.41, 5.74) is -1.50. The summed E-state index contributed by atoms with van der Waals surface area (Å²) in [6, 6.07) is 0. The van der Waals surface area contributed by atoms with Gasteiger partial charge >= 0.3 is 26.3 Å². The van der Waals surface area contributed by atoms with Crippen LogP contribution in [0.5, 0.6) is 0 Å². The maximum atomic E-state index is 14.2. The molecule has 31 heavy (non-hydrogen) atoms. The molecule has 5 atom stereocenters. The summed E-state index contributed by atoms with van der Waals surface area (Å²) < 4.78 is 77.3. The van der Waals surface area contributed by atoms with Gasteiger partial charge in [-0.2, -0.15) is 8.78 Å². The van der Waals surface area contributed by atoms with Gasteiger partial charge in [-0.3, -0.25) is 27.8 Å². The number of nitrogens with zero attached hydrogens (tertiary/aromatic N) is 1. The molecule has 2 heterocycles. The molecule has 1 aromatic rings. The van der Waals surface area contributed by atoms with Gasteiger partial charge < -0.3 is 28.8 Å². The number of H-pyrrole nitrogens is 1. The van der Waals surface area contributed by atoms with Crippen molar-refractivity contribution in [2.45, 2.75) is 37.3 Å². The van der Waals surface area contributed by atoms with Crippen LogP contribution in [0, 0.1) is 6.92 Å². The lowest BCUT2D eigenvalue weighted by atomic mass is 10.2. The molecule has 0 radical (unpaired) electrons. The fourth-order valence-electron chi connectivity index (χ4n) is 2.35. The van der Waals surface area contributed by atoms with Crippen LogP contribution in [0.25, 0.3) is 0 Å². The van der Waals surface area contributed by atoms with Crippen molar-refractivity contribution >= 4 is 33.7 Å². The summed E-state index contributed by atoms with van der Waals surface area (Å²) in [5, 5.41) is -5.64. The number of aryl methyl sites for hydroxylation is 1. The number of aromatic amines is 1. The van der Waals surface area contributed by atoms with Crippen LogP contribution in [-0.2, 0) is 34.5 Å². The number of hydrogen-bond donors (Lipinski definition) is 4. The van der Waals surface area contributed by atoms with Crippen LogP contribution in [0.4, 0.5) is 13.2 Å². The maximum absolute atomic E-state index is 14.2. The minimum absolute atomic E-state index is 0.103. The van der Waals surface area contributed by atoms with Gasteiger partial charge in [0.15, 0.2) is 0 Å². The molecule has 178 valence electrons. The Bertz CT molecular complexity index is 1100. The number of ether oxygens (including phenoxy) is 1. The van der Waals surface area contributed by atoms with Crippen LogP contribution in [0.15, 0.2) is 15.8 Å². The minimum atomic E-state index is -6.59. The molecule has 2 rings (SSSR count). The lowest BCUT2D eigenvalue weighted by Gasteiger charge is -2.32. The minimum Gasteiger partial charge on any atom is -0.779 e. The van der Waals surface area contributed by atoms with E-state index in [4.69, 9.17) is 19.4 Å². The Hall–Kier alpha value is -0.700. The molecule has 0 saturated carbocycles. The Morgan fingerprint density at radius 1 is 1.39 bits per heavy atom. The van der Waals surface area contributed by atoms with Crippen molar-refractivity contribution in [3.63, 3.8) is 0 Å². The van der Waals surface area contributed by atoms with Gasteiger partial charge in [-0.1, -0.05) is 11.8 Å². The zero-order valence-corrected chi connectivity index (χ0v) is 18.7. The number of aromatic nitrogens is 2. The predicted molar refractivity (Wildman–Crippen MR) is 97.6 cm³/mol. The molecule has 1 fully saturated rings. The Morgan fingerprint density at radius 2 is 1.97 bits per heavy atom. The molecule has 20 heteroatoms. The first-order valence-electron chi connectivity index (χ1n) is 7.93. The molecule has 1 aromatic heterocycles. The lowest BCUT2D eigenvalue weighted by Crippen LogP contribution is -2.33. The van der Waals surface area contributed by atoms with Gasteiger partial charge in [0, 0.05) is 18.2 Å². The standard InChI is InChI=1S/C11H16F3N2O11P3S/c1-5-3-16(10(18)15-9(5)17)8-2-6(12)7(26-8)4-25-30(24,31)27-29(22,23)11(13,14)28(19,20)21/h3,6-8H,2,4H2,1H3,(H,22,23)(H,24,31)(H,15,17,18)(H2,19,20,21)/p-1/t6-,7+,8+,30?/m0/s1. The van der Waals surface area contributed by atoms with Crippen molar-refractivity contribution in [3.05, 3.63) is 32.6 Å². The summed E-state index contributed by atoms with van der Waals surface area (Å²) in [7, 11) is -13.1. The fourth-order valence-corrected chi connectivity index (χ4v) is 6.98. The molecule has 4 N–H and O–H groups in total. The number of nitrogens with one attached hydrogen (secondary N) is 1. The predicted octanol–water partition coefficient (Wildman–Crippen LogP) is 0.00202. The summed E-state index contributed by atoms with van der Waals surface area (Å²) in [5.74, 6) is 0. The second-order valence-electron chi connectivity index (χ2n) is 6.26. The van der Waals surface area contributed by atoms with Crippen LogP contribution >= 0.6 is 21.9 Å². The highest BCUT2D eigenvalue weighted by atomic mass is 32.5. The molecule has 13 nitrogen and oxygen atoms in total. The number of alkyl halides is 3. The molecule has 0 amide bonds. The largest absolute Gasteiger partial charge is 0.779 e. The SMILES string of the molecule is Cc1cn([C@H]2C[C@H](F)[C@@H](COP([O-])(=S)OP(=O)(O)C(F)(F)P(=O)(O)O)O2)c(=O)[nH]c1=O. The van der Waals surface area contributed by atoms with Gasteiger partial charge in [0.1, 0.15) is 25.2 Å². The fraction of sp³-hybridized carbons (Fsp3) is 0.636. The van der Waals surface area contributed by atoms with Crippen molar-refractivity contribution in [3.8, 4) is 0 Å². The highest BCUT2D eigenvalue weighted by molar-refractivity contribution is 8.08. The van der Waals surface area contributed by atoms with E-state index in [0.717, 1.165) is 10.8 Å². The molecular formula is C11H15F3N2O11P3S-. The topological polar surface area (TPSA) is 200 Å². The summed E-state index contributed by atoms with van der Waals surface area (Å²) in [6.45, 7) is -4.99. The van der Waals surface area contributed by atoms with Crippen LogP contribution in [0.1, 0.15) is 18.2 Å². The Balaban J connectivity index is 2.09. The van der Waals surface area contributed by atoms with Crippen molar-refractivity contribution in [1.29, 1.82) is 0 Å². The molecule has 0 aliphatic carbocycles. The Kier molecular flexibility index (Phi) is 7.64. The average molecular weight is 533 g/mol. The van der Waals surface area contributed by atoms with Crippen LogP contribution < -0.4 is 16.1 Å². The van der Waals surface area contributed by atoms with Crippen molar-refractivity contribution in [1.82, 2.24) is 9.55 Å². The van der Waals surface area contributed by atoms with E-state index in [9.17, 15) is 36.8 Å². The molecule has 1 saturated heterocycles. The Labute approximate surface area is 175 Å². The number of hydrogen-bond acceptors (Lipinski definition) is 9. The van der Waals surface area contributed by atoms with Gasteiger partial charge in [0.25, 0.3) is 5.56 Å². The van der Waals surface area contributed by atoms with E-state index < -0.39 is 70.1 Å². The van der Waals surface area contributed by atoms with Gasteiger partial charge in [0.2, 0.25) is 0 Å². The first-order valence-corrected chi connectivity index (χ1v) is 13.7. The number of halogens is 3. The van der Waals surface area contributed by atoms with Crippen LogP contribution in [0.2, 0.25) is 0 Å². The highest BCUT2D eigenvalue weighted by Gasteiger charge is 2.65. The third-order valence-electron chi connectivity index (χ3n) is 3.92. The van der Waals surface area contributed by atoms with Crippen molar-refractivity contribution < 1.29 is 55.4 Å². The van der Waals surface area contributed by atoms with Gasteiger partial charge in [0.05, 0.1) is 6.61 Å². The molecule has 0 bridgehead atoms. The first kappa shape index (κ1) is 26.6. The third kappa shape index (κ3) is 5.81. The van der Waals surface area contributed by atoms with E-state index in [1.807, 2.05) is 4.98 Å². The first-order chi connectivity index (χ1) is 13.9. The summed E-state index contributed by atoms with van der Waals surface area (Å²) in [6.07, 6.45) is -4.08.